The second-order valence-corrected chi connectivity index (χ2v) is 7.86. The molecule has 0 aliphatic carbocycles. The quantitative estimate of drug-likeness (QED) is 0.562. The average molecular weight is 408 g/mol. The molecule has 0 bridgehead atoms. The van der Waals surface area contributed by atoms with Gasteiger partial charge < -0.3 is 15.0 Å². The van der Waals surface area contributed by atoms with Crippen LogP contribution in [0, 0.1) is 0 Å². The second kappa shape index (κ2) is 10.4. The fourth-order valence-corrected chi connectivity index (χ4v) is 2.80. The van der Waals surface area contributed by atoms with E-state index in [0.717, 1.165) is 11.1 Å². The molecule has 1 N–H and O–H groups in total. The smallest absolute Gasteiger partial charge is 0.355 e. The van der Waals surface area contributed by atoms with Gasteiger partial charge in [-0.05, 0) is 38.0 Å². The van der Waals surface area contributed by atoms with Gasteiger partial charge in [0.15, 0.2) is 6.61 Å². The number of ether oxygens (including phenoxy) is 1. The maximum Gasteiger partial charge on any atom is 0.355 e. The van der Waals surface area contributed by atoms with Gasteiger partial charge in [-0.3, -0.25) is 9.59 Å². The van der Waals surface area contributed by atoms with Gasteiger partial charge in [0.2, 0.25) is 5.91 Å². The zero-order valence-corrected chi connectivity index (χ0v) is 17.8. The van der Waals surface area contributed by atoms with E-state index in [0.29, 0.717) is 6.54 Å². The zero-order chi connectivity index (χ0) is 22.1. The first-order valence-corrected chi connectivity index (χ1v) is 9.72. The van der Waals surface area contributed by atoms with Crippen LogP contribution in [0.3, 0.4) is 0 Å². The lowest BCUT2D eigenvalue weighted by atomic mass is 10.0. The third-order valence-corrected chi connectivity index (χ3v) is 4.26. The van der Waals surface area contributed by atoms with Crippen LogP contribution >= 0.6 is 0 Å². The van der Waals surface area contributed by atoms with Crippen LogP contribution in [0.2, 0.25) is 0 Å². The van der Waals surface area contributed by atoms with E-state index in [1.807, 2.05) is 69.3 Å². The third kappa shape index (κ3) is 7.20. The molecule has 0 aliphatic heterocycles. The molecule has 2 amide bonds. The fourth-order valence-electron chi connectivity index (χ4n) is 2.80. The highest BCUT2D eigenvalue weighted by atomic mass is 16.5. The van der Waals surface area contributed by atoms with Crippen molar-refractivity contribution in [3.63, 3.8) is 0 Å². The summed E-state index contributed by atoms with van der Waals surface area (Å²) in [6.07, 6.45) is 1.51. The van der Waals surface area contributed by atoms with Gasteiger partial charge in [0.25, 0.3) is 5.91 Å². The molecule has 2 aromatic carbocycles. The highest BCUT2D eigenvalue weighted by molar-refractivity contribution is 5.98. The molecule has 0 unspecified atom stereocenters. The molecule has 0 heterocycles. The van der Waals surface area contributed by atoms with Crippen molar-refractivity contribution in [2.45, 2.75) is 39.8 Å². The van der Waals surface area contributed by atoms with Crippen molar-refractivity contribution < 1.29 is 19.1 Å². The van der Waals surface area contributed by atoms with Crippen molar-refractivity contribution >= 4 is 23.9 Å². The predicted octanol–water partition coefficient (Wildman–Crippen LogP) is 3.53. The van der Waals surface area contributed by atoms with Crippen LogP contribution in [0.5, 0.6) is 0 Å². The summed E-state index contributed by atoms with van der Waals surface area (Å²) in [5, 5.41) is 2.47. The van der Waals surface area contributed by atoms with Crippen molar-refractivity contribution in [3.8, 4) is 0 Å². The largest absolute Gasteiger partial charge is 0.451 e. The van der Waals surface area contributed by atoms with E-state index >= 15 is 0 Å². The third-order valence-electron chi connectivity index (χ3n) is 4.26. The summed E-state index contributed by atoms with van der Waals surface area (Å²) in [7, 11) is 0. The molecular weight excluding hydrogens is 380 g/mol. The Morgan fingerprint density at radius 2 is 1.53 bits per heavy atom. The Kier molecular flexibility index (Phi) is 7.92. The topological polar surface area (TPSA) is 75.7 Å². The molecule has 0 aromatic heterocycles. The fraction of sp³-hybridized carbons (Fsp3) is 0.292. The Balaban J connectivity index is 2.11. The molecule has 0 radical (unpaired) electrons. The number of esters is 1. The Hall–Kier alpha value is -3.41. The number of hydrogen-bond acceptors (Lipinski definition) is 4. The minimum Gasteiger partial charge on any atom is -0.451 e. The van der Waals surface area contributed by atoms with E-state index in [9.17, 15) is 14.4 Å². The Morgan fingerprint density at radius 3 is 2.07 bits per heavy atom. The maximum absolute atomic E-state index is 12.8. The standard InChI is InChI=1S/C24H28N2O4/c1-18(27)25-21(15-19-11-7-5-8-12-19)23(29)30-17-22(28)26(24(2,3)4)16-20-13-9-6-10-14-20/h5-15H,16-17H2,1-4H3,(H,25,27). The zero-order valence-electron chi connectivity index (χ0n) is 17.8. The number of nitrogens with zero attached hydrogens (tertiary/aromatic N) is 1. The Morgan fingerprint density at radius 1 is 0.967 bits per heavy atom. The minimum atomic E-state index is -0.768. The van der Waals surface area contributed by atoms with E-state index in [2.05, 4.69) is 5.32 Å². The average Bonchev–Trinajstić information content (AvgIpc) is 2.70. The van der Waals surface area contributed by atoms with Gasteiger partial charge in [-0.1, -0.05) is 60.7 Å². The molecule has 2 aromatic rings. The summed E-state index contributed by atoms with van der Waals surface area (Å²) in [4.78, 5) is 38.5. The van der Waals surface area contributed by atoms with E-state index in [1.165, 1.54) is 13.0 Å². The lowest BCUT2D eigenvalue weighted by Crippen LogP contribution is -2.47. The van der Waals surface area contributed by atoms with Crippen LogP contribution in [-0.2, 0) is 25.7 Å². The monoisotopic (exact) mass is 408 g/mol. The molecule has 2 rings (SSSR count). The SMILES string of the molecule is CC(=O)NC(=Cc1ccccc1)C(=O)OCC(=O)N(Cc1ccccc1)C(C)(C)C. The number of amides is 2. The summed E-state index contributed by atoms with van der Waals surface area (Å²) in [6, 6.07) is 18.7. The molecule has 0 saturated carbocycles. The summed E-state index contributed by atoms with van der Waals surface area (Å²) in [6.45, 7) is 7.06. The first-order chi connectivity index (χ1) is 14.2. The normalized spacial score (nSPS) is 11.5. The Labute approximate surface area is 177 Å². The summed E-state index contributed by atoms with van der Waals surface area (Å²) in [5.74, 6) is -1.49. The van der Waals surface area contributed by atoms with Crippen molar-refractivity contribution in [3.05, 3.63) is 77.5 Å². The van der Waals surface area contributed by atoms with Gasteiger partial charge in [0, 0.05) is 19.0 Å². The van der Waals surface area contributed by atoms with Crippen LogP contribution < -0.4 is 5.32 Å². The van der Waals surface area contributed by atoms with E-state index in [4.69, 9.17) is 4.74 Å². The van der Waals surface area contributed by atoms with Gasteiger partial charge in [0.05, 0.1) is 0 Å². The van der Waals surface area contributed by atoms with E-state index in [1.54, 1.807) is 17.0 Å². The van der Waals surface area contributed by atoms with E-state index < -0.39 is 24.0 Å². The van der Waals surface area contributed by atoms with Gasteiger partial charge in [-0.15, -0.1) is 0 Å². The number of nitrogens with one attached hydrogen (secondary N) is 1. The molecule has 6 nitrogen and oxygen atoms in total. The lowest BCUT2D eigenvalue weighted by Gasteiger charge is -2.35. The highest BCUT2D eigenvalue weighted by Gasteiger charge is 2.27. The van der Waals surface area contributed by atoms with Crippen molar-refractivity contribution in [2.75, 3.05) is 6.61 Å². The van der Waals surface area contributed by atoms with Crippen LogP contribution in [0.25, 0.3) is 6.08 Å². The first-order valence-electron chi connectivity index (χ1n) is 9.72. The number of carbonyl (C=O) groups is 3. The number of rotatable bonds is 7. The first kappa shape index (κ1) is 22.9. The van der Waals surface area contributed by atoms with Crippen molar-refractivity contribution in [1.82, 2.24) is 10.2 Å². The van der Waals surface area contributed by atoms with Crippen LogP contribution in [0.4, 0.5) is 0 Å². The molecule has 0 atom stereocenters. The summed E-state index contributed by atoms with van der Waals surface area (Å²) in [5.41, 5.74) is 1.23. The van der Waals surface area contributed by atoms with E-state index in [-0.39, 0.29) is 11.6 Å². The van der Waals surface area contributed by atoms with Crippen LogP contribution in [-0.4, -0.2) is 34.8 Å². The molecule has 0 saturated heterocycles. The van der Waals surface area contributed by atoms with Crippen LogP contribution in [0.1, 0.15) is 38.8 Å². The predicted molar refractivity (Wildman–Crippen MR) is 116 cm³/mol. The molecule has 30 heavy (non-hydrogen) atoms. The minimum absolute atomic E-state index is 0.0214. The summed E-state index contributed by atoms with van der Waals surface area (Å²) >= 11 is 0. The molecule has 0 aliphatic rings. The molecule has 6 heteroatoms. The lowest BCUT2D eigenvalue weighted by molar-refractivity contribution is -0.152. The molecule has 158 valence electrons. The number of hydrogen-bond donors (Lipinski definition) is 1. The summed E-state index contributed by atoms with van der Waals surface area (Å²) < 4.78 is 5.24. The van der Waals surface area contributed by atoms with Gasteiger partial charge in [-0.25, -0.2) is 4.79 Å². The van der Waals surface area contributed by atoms with Gasteiger partial charge in [0.1, 0.15) is 5.70 Å². The molecular formula is C24H28N2O4. The molecule has 0 fully saturated rings. The second-order valence-electron chi connectivity index (χ2n) is 7.86. The Bertz CT molecular complexity index is 900. The maximum atomic E-state index is 12.8. The number of benzene rings is 2. The van der Waals surface area contributed by atoms with Crippen molar-refractivity contribution in [1.29, 1.82) is 0 Å². The van der Waals surface area contributed by atoms with Gasteiger partial charge in [-0.2, -0.15) is 0 Å². The van der Waals surface area contributed by atoms with Crippen molar-refractivity contribution in [2.24, 2.45) is 0 Å². The highest BCUT2D eigenvalue weighted by Crippen LogP contribution is 2.18. The molecule has 0 spiro atoms. The van der Waals surface area contributed by atoms with Crippen LogP contribution in [0.15, 0.2) is 66.4 Å². The van der Waals surface area contributed by atoms with Gasteiger partial charge >= 0.3 is 5.97 Å². The number of carbonyl (C=O) groups excluding carboxylic acids is 3.